The van der Waals surface area contributed by atoms with Crippen LogP contribution in [0.4, 0.5) is 0 Å². The molecular weight excluding hydrogens is 326 g/mol. The van der Waals surface area contributed by atoms with Crippen LogP contribution in [-0.2, 0) is 4.79 Å². The molecule has 1 fully saturated rings. The highest BCUT2D eigenvalue weighted by molar-refractivity contribution is 7.99. The summed E-state index contributed by atoms with van der Waals surface area (Å²) in [6.07, 6.45) is 3.48. The maximum Gasteiger partial charge on any atom is 0.270 e. The first kappa shape index (κ1) is 16.3. The van der Waals surface area contributed by atoms with Crippen LogP contribution in [0.2, 0.25) is 0 Å². The topological polar surface area (TPSA) is 71.5 Å². The van der Waals surface area contributed by atoms with Crippen LogP contribution in [0.5, 0.6) is 5.75 Å². The number of nitrogens with zero attached hydrogens (tertiary/aromatic N) is 2. The zero-order valence-corrected chi connectivity index (χ0v) is 14.0. The van der Waals surface area contributed by atoms with E-state index in [2.05, 4.69) is 10.4 Å². The van der Waals surface area contributed by atoms with Crippen molar-refractivity contribution in [2.45, 2.75) is 11.8 Å². The fraction of sp³-hybridized carbons (Fsp3) is 0.235. The molecule has 1 aromatic carbocycles. The molecule has 0 radical (unpaired) electrons. The molecule has 1 unspecified atom stereocenters. The molecule has 1 N–H and O–H groups in total. The third kappa shape index (κ3) is 3.51. The number of benzene rings is 1. The molecule has 0 spiro atoms. The summed E-state index contributed by atoms with van der Waals surface area (Å²) in [6.45, 7) is 0. The smallest absolute Gasteiger partial charge is 0.270 e. The third-order valence-corrected chi connectivity index (χ3v) is 4.88. The Morgan fingerprint density at radius 3 is 2.88 bits per heavy atom. The molecule has 0 aliphatic carbocycles. The highest BCUT2D eigenvalue weighted by Crippen LogP contribution is 2.37. The van der Waals surface area contributed by atoms with Gasteiger partial charge in [0.1, 0.15) is 11.1 Å². The van der Waals surface area contributed by atoms with Crippen molar-refractivity contribution in [3.8, 4) is 5.75 Å². The average Bonchev–Trinajstić information content (AvgIpc) is 2.64. The summed E-state index contributed by atoms with van der Waals surface area (Å²) in [5.41, 5.74) is 4.09. The lowest BCUT2D eigenvalue weighted by atomic mass is 10.2. The van der Waals surface area contributed by atoms with Crippen molar-refractivity contribution >= 4 is 23.6 Å². The van der Waals surface area contributed by atoms with E-state index in [0.29, 0.717) is 23.5 Å². The number of rotatable bonds is 4. The van der Waals surface area contributed by atoms with Crippen molar-refractivity contribution in [2.24, 2.45) is 0 Å². The zero-order chi connectivity index (χ0) is 16.9. The van der Waals surface area contributed by atoms with Crippen LogP contribution in [0.15, 0.2) is 48.8 Å². The largest absolute Gasteiger partial charge is 0.497 e. The number of hydrazine groups is 1. The summed E-state index contributed by atoms with van der Waals surface area (Å²) in [6, 6.07) is 10.7. The molecule has 7 heteroatoms. The monoisotopic (exact) mass is 343 g/mol. The average molecular weight is 343 g/mol. The van der Waals surface area contributed by atoms with Crippen LogP contribution < -0.4 is 10.2 Å². The molecule has 0 bridgehead atoms. The van der Waals surface area contributed by atoms with E-state index in [1.807, 2.05) is 24.3 Å². The van der Waals surface area contributed by atoms with E-state index in [1.54, 1.807) is 43.4 Å². The summed E-state index contributed by atoms with van der Waals surface area (Å²) in [7, 11) is 1.60. The fourth-order valence-electron chi connectivity index (χ4n) is 2.42. The van der Waals surface area contributed by atoms with Crippen LogP contribution >= 0.6 is 11.8 Å². The van der Waals surface area contributed by atoms with Crippen LogP contribution in [-0.4, -0.2) is 34.7 Å². The van der Waals surface area contributed by atoms with Gasteiger partial charge in [0, 0.05) is 30.1 Å². The van der Waals surface area contributed by atoms with E-state index < -0.39 is 0 Å². The highest BCUT2D eigenvalue weighted by atomic mass is 32.2. The van der Waals surface area contributed by atoms with Gasteiger partial charge in [0.25, 0.3) is 5.91 Å². The summed E-state index contributed by atoms with van der Waals surface area (Å²) < 4.78 is 5.25. The number of aromatic nitrogens is 1. The minimum absolute atomic E-state index is 0.107. The first-order valence-electron chi connectivity index (χ1n) is 7.47. The van der Waals surface area contributed by atoms with Gasteiger partial charge in [-0.25, -0.2) is 5.01 Å². The minimum atomic E-state index is -0.332. The van der Waals surface area contributed by atoms with Gasteiger partial charge in [0.15, 0.2) is 0 Å². The van der Waals surface area contributed by atoms with Gasteiger partial charge in [-0.2, -0.15) is 0 Å². The molecule has 0 saturated carbocycles. The van der Waals surface area contributed by atoms with Crippen LogP contribution in [0.3, 0.4) is 0 Å². The number of ether oxygens (including phenoxy) is 1. The number of hydrogen-bond donors (Lipinski definition) is 1. The first-order chi connectivity index (χ1) is 11.7. The molecule has 1 saturated heterocycles. The van der Waals surface area contributed by atoms with E-state index >= 15 is 0 Å². The van der Waals surface area contributed by atoms with Crippen molar-refractivity contribution in [3.05, 3.63) is 59.9 Å². The summed E-state index contributed by atoms with van der Waals surface area (Å²) in [4.78, 5) is 28.6. The van der Waals surface area contributed by atoms with Gasteiger partial charge in [-0.15, -0.1) is 11.8 Å². The Balaban J connectivity index is 1.84. The second kappa shape index (κ2) is 7.35. The molecule has 2 heterocycles. The molecule has 1 aliphatic heterocycles. The SMILES string of the molecule is COc1cccc(C2SCCC(=O)N2NC(=O)c2ccncc2)c1. The van der Waals surface area contributed by atoms with Gasteiger partial charge in [-0.1, -0.05) is 12.1 Å². The molecule has 124 valence electrons. The molecule has 24 heavy (non-hydrogen) atoms. The predicted molar refractivity (Wildman–Crippen MR) is 91.4 cm³/mol. The Labute approximate surface area is 144 Å². The van der Waals surface area contributed by atoms with Crippen molar-refractivity contribution in [1.29, 1.82) is 0 Å². The van der Waals surface area contributed by atoms with Gasteiger partial charge < -0.3 is 4.74 Å². The standard InChI is InChI=1S/C17H17N3O3S/c1-23-14-4-2-3-13(11-14)17-20(15(21)7-10-24-17)19-16(22)12-5-8-18-9-6-12/h2-6,8-9,11,17H,7,10H2,1H3,(H,19,22). The van der Waals surface area contributed by atoms with Crippen molar-refractivity contribution in [3.63, 3.8) is 0 Å². The van der Waals surface area contributed by atoms with Crippen molar-refractivity contribution < 1.29 is 14.3 Å². The quantitative estimate of drug-likeness (QED) is 0.923. The Morgan fingerprint density at radius 1 is 1.33 bits per heavy atom. The number of thioether (sulfide) groups is 1. The van der Waals surface area contributed by atoms with Gasteiger partial charge in [-0.3, -0.25) is 20.0 Å². The number of carbonyl (C=O) groups excluding carboxylic acids is 2. The molecule has 1 aliphatic rings. The molecular formula is C17H17N3O3S. The highest BCUT2D eigenvalue weighted by Gasteiger charge is 2.31. The number of amides is 2. The van der Waals surface area contributed by atoms with E-state index in [4.69, 9.17) is 4.74 Å². The van der Waals surface area contributed by atoms with Gasteiger partial charge >= 0.3 is 0 Å². The van der Waals surface area contributed by atoms with Gasteiger partial charge in [0.05, 0.1) is 7.11 Å². The number of pyridine rings is 1. The van der Waals surface area contributed by atoms with Crippen LogP contribution in [0.1, 0.15) is 27.7 Å². The van der Waals surface area contributed by atoms with Crippen LogP contribution in [0.25, 0.3) is 0 Å². The van der Waals surface area contributed by atoms with Gasteiger partial charge in [0.2, 0.25) is 5.91 Å². The first-order valence-corrected chi connectivity index (χ1v) is 8.52. The second-order valence-corrected chi connectivity index (χ2v) is 6.38. The Kier molecular flexibility index (Phi) is 5.00. The number of nitrogens with one attached hydrogen (secondary N) is 1. The third-order valence-electron chi connectivity index (χ3n) is 3.64. The number of carbonyl (C=O) groups is 2. The lowest BCUT2D eigenvalue weighted by Gasteiger charge is -2.35. The van der Waals surface area contributed by atoms with E-state index in [1.165, 1.54) is 5.01 Å². The summed E-state index contributed by atoms with van der Waals surface area (Å²) in [5.74, 6) is 0.985. The maximum atomic E-state index is 12.4. The Bertz CT molecular complexity index is 739. The van der Waals surface area contributed by atoms with Crippen molar-refractivity contribution in [2.75, 3.05) is 12.9 Å². The van der Waals surface area contributed by atoms with Gasteiger partial charge in [-0.05, 0) is 29.8 Å². The molecule has 1 atom stereocenters. The van der Waals surface area contributed by atoms with E-state index in [-0.39, 0.29) is 17.2 Å². The minimum Gasteiger partial charge on any atom is -0.497 e. The van der Waals surface area contributed by atoms with Crippen LogP contribution in [0, 0.1) is 0 Å². The lowest BCUT2D eigenvalue weighted by molar-refractivity contribution is -0.134. The van der Waals surface area contributed by atoms with Crippen molar-refractivity contribution in [1.82, 2.24) is 15.4 Å². The lowest BCUT2D eigenvalue weighted by Crippen LogP contribution is -2.49. The second-order valence-electron chi connectivity index (χ2n) is 5.19. The number of hydrogen-bond acceptors (Lipinski definition) is 5. The summed E-state index contributed by atoms with van der Waals surface area (Å²) >= 11 is 1.61. The molecule has 6 nitrogen and oxygen atoms in total. The number of methoxy groups -OCH3 is 1. The molecule has 3 rings (SSSR count). The normalized spacial score (nSPS) is 17.5. The maximum absolute atomic E-state index is 12.4. The summed E-state index contributed by atoms with van der Waals surface area (Å²) in [5, 5.41) is 1.12. The molecule has 2 amide bonds. The van der Waals surface area contributed by atoms with E-state index in [9.17, 15) is 9.59 Å². The Morgan fingerprint density at radius 2 is 2.12 bits per heavy atom. The fourth-order valence-corrected chi connectivity index (χ4v) is 3.60. The Hall–Kier alpha value is -2.54. The predicted octanol–water partition coefficient (Wildman–Crippen LogP) is 2.40. The molecule has 1 aromatic heterocycles. The zero-order valence-electron chi connectivity index (χ0n) is 13.1. The molecule has 2 aromatic rings. The van der Waals surface area contributed by atoms with E-state index in [0.717, 1.165) is 5.56 Å².